The van der Waals surface area contributed by atoms with E-state index in [4.69, 9.17) is 0 Å². The van der Waals surface area contributed by atoms with Gasteiger partial charge in [0, 0.05) is 29.2 Å². The topological polar surface area (TPSA) is 64.5 Å². The van der Waals surface area contributed by atoms with Crippen LogP contribution in [0.5, 0.6) is 11.5 Å². The molecule has 0 aliphatic carbocycles. The maximum atomic E-state index is 9.78. The molecule has 3 rings (SSSR count). The average Bonchev–Trinajstić information content (AvgIpc) is 2.58. The van der Waals surface area contributed by atoms with Gasteiger partial charge in [-0.2, -0.15) is 0 Å². The summed E-state index contributed by atoms with van der Waals surface area (Å²) in [6.45, 7) is 0.436. The van der Waals surface area contributed by atoms with Crippen LogP contribution in [0.25, 0.3) is 0 Å². The van der Waals surface area contributed by atoms with E-state index in [0.717, 1.165) is 17.1 Å². The highest BCUT2D eigenvalue weighted by atomic mass is 16.3. The van der Waals surface area contributed by atoms with E-state index in [2.05, 4.69) is 10.6 Å². The first-order chi connectivity index (χ1) is 11.2. The van der Waals surface area contributed by atoms with Gasteiger partial charge in [0.2, 0.25) is 0 Å². The van der Waals surface area contributed by atoms with Crippen LogP contribution in [0, 0.1) is 0 Å². The molecule has 4 nitrogen and oxygen atoms in total. The van der Waals surface area contributed by atoms with Gasteiger partial charge in [-0.25, -0.2) is 0 Å². The molecular weight excluding hydrogens is 288 g/mol. The van der Waals surface area contributed by atoms with Crippen molar-refractivity contribution in [3.8, 4) is 11.5 Å². The fourth-order valence-electron chi connectivity index (χ4n) is 2.28. The molecule has 0 aliphatic rings. The van der Waals surface area contributed by atoms with Crippen LogP contribution < -0.4 is 10.6 Å². The van der Waals surface area contributed by atoms with Crippen molar-refractivity contribution in [3.05, 3.63) is 78.4 Å². The van der Waals surface area contributed by atoms with Gasteiger partial charge in [0.05, 0.1) is 0 Å². The van der Waals surface area contributed by atoms with Crippen LogP contribution in [0.15, 0.2) is 72.8 Å². The summed E-state index contributed by atoms with van der Waals surface area (Å²) in [5.41, 5.74) is 3.63. The van der Waals surface area contributed by atoms with E-state index in [0.29, 0.717) is 12.1 Å². The number of rotatable bonds is 5. The lowest BCUT2D eigenvalue weighted by molar-refractivity contribution is 0.400. The molecule has 4 heteroatoms. The first-order valence-corrected chi connectivity index (χ1v) is 7.38. The van der Waals surface area contributed by atoms with Crippen molar-refractivity contribution in [1.82, 2.24) is 0 Å². The Hall–Kier alpha value is -3.14. The predicted molar refractivity (Wildman–Crippen MR) is 93.3 cm³/mol. The summed E-state index contributed by atoms with van der Waals surface area (Å²) in [5.74, 6) is -0.186. The molecule has 0 radical (unpaired) electrons. The minimum atomic E-state index is -0.105. The first-order valence-electron chi connectivity index (χ1n) is 7.38. The Bertz CT molecular complexity index is 771. The van der Waals surface area contributed by atoms with Crippen LogP contribution in [0.1, 0.15) is 5.56 Å². The lowest BCUT2D eigenvalue weighted by Crippen LogP contribution is -1.99. The number of benzene rings is 3. The molecule has 0 unspecified atom stereocenters. The molecule has 0 spiro atoms. The number of hydrogen-bond donors (Lipinski definition) is 4. The van der Waals surface area contributed by atoms with Crippen molar-refractivity contribution in [2.24, 2.45) is 0 Å². The van der Waals surface area contributed by atoms with E-state index < -0.39 is 0 Å². The zero-order valence-corrected chi connectivity index (χ0v) is 12.5. The highest BCUT2D eigenvalue weighted by molar-refractivity contribution is 5.62. The van der Waals surface area contributed by atoms with Crippen LogP contribution in [-0.4, -0.2) is 10.2 Å². The van der Waals surface area contributed by atoms with Crippen LogP contribution in [-0.2, 0) is 6.54 Å². The van der Waals surface area contributed by atoms with Gasteiger partial charge >= 0.3 is 0 Å². The molecule has 23 heavy (non-hydrogen) atoms. The number of anilines is 3. The zero-order valence-electron chi connectivity index (χ0n) is 12.5. The Kier molecular flexibility index (Phi) is 4.34. The van der Waals surface area contributed by atoms with Gasteiger partial charge in [-0.3, -0.25) is 0 Å². The average molecular weight is 306 g/mol. The maximum Gasteiger partial charge on any atom is 0.162 e. The molecule has 0 fully saturated rings. The Labute approximate surface area is 135 Å². The number of nitrogens with one attached hydrogen (secondary N) is 2. The zero-order chi connectivity index (χ0) is 16.1. The largest absolute Gasteiger partial charge is 0.504 e. The maximum absolute atomic E-state index is 9.78. The predicted octanol–water partition coefficient (Wildman–Crippen LogP) is 4.45. The Morgan fingerprint density at radius 3 is 2.04 bits per heavy atom. The van der Waals surface area contributed by atoms with Crippen LogP contribution in [0.4, 0.5) is 17.1 Å². The van der Waals surface area contributed by atoms with Crippen molar-refractivity contribution < 1.29 is 10.2 Å². The second kappa shape index (κ2) is 6.75. The molecule has 3 aromatic carbocycles. The van der Waals surface area contributed by atoms with Gasteiger partial charge in [0.1, 0.15) is 0 Å². The van der Waals surface area contributed by atoms with Gasteiger partial charge in [-0.15, -0.1) is 0 Å². The fraction of sp³-hybridized carbons (Fsp3) is 0.0526. The first kappa shape index (κ1) is 14.8. The van der Waals surface area contributed by atoms with Crippen molar-refractivity contribution in [2.45, 2.75) is 6.54 Å². The Morgan fingerprint density at radius 1 is 0.652 bits per heavy atom. The van der Waals surface area contributed by atoms with Crippen LogP contribution >= 0.6 is 0 Å². The summed E-state index contributed by atoms with van der Waals surface area (Å²) < 4.78 is 0. The molecule has 0 amide bonds. The second-order valence-electron chi connectivity index (χ2n) is 5.21. The van der Waals surface area contributed by atoms with Gasteiger partial charge in [-0.05, 0) is 42.5 Å². The molecule has 3 aromatic rings. The summed E-state index contributed by atoms with van der Waals surface area (Å²) in [7, 11) is 0. The molecule has 0 saturated carbocycles. The third-order valence-electron chi connectivity index (χ3n) is 3.53. The summed E-state index contributed by atoms with van der Waals surface area (Å²) in [5, 5.41) is 25.8. The molecule has 0 aromatic heterocycles. The standard InChI is InChI=1S/C19H18N2O2/c22-18-8-4-5-14(19(18)23)13-20-15-9-11-17(12-10-15)21-16-6-2-1-3-7-16/h1-12,20-23H,13H2. The van der Waals surface area contributed by atoms with Crippen molar-refractivity contribution in [1.29, 1.82) is 0 Å². The van der Waals surface area contributed by atoms with E-state index in [1.54, 1.807) is 12.1 Å². The molecule has 116 valence electrons. The number of para-hydroxylation sites is 2. The van der Waals surface area contributed by atoms with Crippen molar-refractivity contribution in [3.63, 3.8) is 0 Å². The van der Waals surface area contributed by atoms with Gasteiger partial charge in [0.15, 0.2) is 11.5 Å². The fourth-order valence-corrected chi connectivity index (χ4v) is 2.28. The molecular formula is C19H18N2O2. The third-order valence-corrected chi connectivity index (χ3v) is 3.53. The van der Waals surface area contributed by atoms with Crippen LogP contribution in [0.2, 0.25) is 0 Å². The van der Waals surface area contributed by atoms with E-state index in [9.17, 15) is 10.2 Å². The molecule has 4 N–H and O–H groups in total. The summed E-state index contributed by atoms with van der Waals surface area (Å²) in [6.07, 6.45) is 0. The Balaban J connectivity index is 1.62. The molecule has 0 saturated heterocycles. The number of phenols is 2. The van der Waals surface area contributed by atoms with Crippen molar-refractivity contribution >= 4 is 17.1 Å². The highest BCUT2D eigenvalue weighted by Crippen LogP contribution is 2.28. The highest BCUT2D eigenvalue weighted by Gasteiger charge is 2.05. The summed E-state index contributed by atoms with van der Waals surface area (Å²) in [4.78, 5) is 0. The normalized spacial score (nSPS) is 10.3. The van der Waals surface area contributed by atoms with Crippen LogP contribution in [0.3, 0.4) is 0 Å². The lowest BCUT2D eigenvalue weighted by Gasteiger charge is -2.10. The van der Waals surface area contributed by atoms with E-state index in [1.165, 1.54) is 6.07 Å². The minimum absolute atomic E-state index is 0.0811. The smallest absolute Gasteiger partial charge is 0.162 e. The van der Waals surface area contributed by atoms with Crippen molar-refractivity contribution in [2.75, 3.05) is 10.6 Å². The second-order valence-corrected chi connectivity index (χ2v) is 5.21. The summed E-state index contributed by atoms with van der Waals surface area (Å²) in [6, 6.07) is 22.8. The Morgan fingerprint density at radius 2 is 1.30 bits per heavy atom. The summed E-state index contributed by atoms with van der Waals surface area (Å²) >= 11 is 0. The van der Waals surface area contributed by atoms with Gasteiger partial charge < -0.3 is 20.8 Å². The van der Waals surface area contributed by atoms with Gasteiger partial charge in [-0.1, -0.05) is 30.3 Å². The molecule has 0 aliphatic heterocycles. The van der Waals surface area contributed by atoms with E-state index in [-0.39, 0.29) is 11.5 Å². The van der Waals surface area contributed by atoms with Gasteiger partial charge in [0.25, 0.3) is 0 Å². The van der Waals surface area contributed by atoms with E-state index in [1.807, 2.05) is 54.6 Å². The quantitative estimate of drug-likeness (QED) is 0.526. The molecule has 0 atom stereocenters. The number of hydrogen-bond acceptors (Lipinski definition) is 4. The SMILES string of the molecule is Oc1cccc(CNc2ccc(Nc3ccccc3)cc2)c1O. The molecule has 0 heterocycles. The molecule has 0 bridgehead atoms. The third kappa shape index (κ3) is 3.74. The number of aromatic hydroxyl groups is 2. The number of phenolic OH excluding ortho intramolecular Hbond substituents is 2. The monoisotopic (exact) mass is 306 g/mol. The van der Waals surface area contributed by atoms with E-state index >= 15 is 0 Å². The lowest BCUT2D eigenvalue weighted by atomic mass is 10.2. The minimum Gasteiger partial charge on any atom is -0.504 e.